The van der Waals surface area contributed by atoms with Gasteiger partial charge in [0.25, 0.3) is 0 Å². The molecule has 0 unspecified atom stereocenters. The average molecular weight is 268 g/mol. The van der Waals surface area contributed by atoms with Crippen molar-refractivity contribution in [1.82, 2.24) is 9.97 Å². The first-order chi connectivity index (χ1) is 4.74. The fourth-order valence-corrected chi connectivity index (χ4v) is 0.957. The van der Waals surface area contributed by atoms with E-state index in [0.29, 0.717) is 5.15 Å². The van der Waals surface area contributed by atoms with Gasteiger partial charge in [0.1, 0.15) is 11.0 Å². The maximum absolute atomic E-state index is 5.73. The molecular formula is C6H6ClIN2. The monoisotopic (exact) mass is 268 g/mol. The van der Waals surface area contributed by atoms with E-state index >= 15 is 0 Å². The Hall–Kier alpha value is 0.1000. The first-order valence-electron chi connectivity index (χ1n) is 2.91. The molecule has 54 valence electrons. The number of rotatable bonds is 1. The molecule has 1 aromatic rings. The summed E-state index contributed by atoms with van der Waals surface area (Å²) in [5.41, 5.74) is 0. The van der Waals surface area contributed by atoms with Gasteiger partial charge in [0.2, 0.25) is 0 Å². The van der Waals surface area contributed by atoms with Crippen molar-refractivity contribution < 1.29 is 0 Å². The van der Waals surface area contributed by atoms with E-state index in [-0.39, 0.29) is 0 Å². The van der Waals surface area contributed by atoms with Crippen molar-refractivity contribution in [3.8, 4) is 0 Å². The predicted molar refractivity (Wildman–Crippen MR) is 49.1 cm³/mol. The minimum absolute atomic E-state index is 0.549. The molecule has 1 aromatic heterocycles. The van der Waals surface area contributed by atoms with Crippen LogP contribution in [0, 0.1) is 3.57 Å². The number of halogens is 2. The Bertz CT molecular complexity index is 239. The first-order valence-corrected chi connectivity index (χ1v) is 4.36. The van der Waals surface area contributed by atoms with E-state index < -0.39 is 0 Å². The number of aromatic nitrogens is 2. The van der Waals surface area contributed by atoms with Crippen LogP contribution in [0.25, 0.3) is 0 Å². The summed E-state index contributed by atoms with van der Waals surface area (Å²) in [6, 6.07) is 0. The third kappa shape index (κ3) is 1.79. The molecule has 0 atom stereocenters. The van der Waals surface area contributed by atoms with Gasteiger partial charge in [-0.1, -0.05) is 18.5 Å². The minimum Gasteiger partial charge on any atom is -0.240 e. The molecule has 1 heterocycles. The average Bonchev–Trinajstić information content (AvgIpc) is 1.95. The normalized spacial score (nSPS) is 9.90. The maximum Gasteiger partial charge on any atom is 0.146 e. The van der Waals surface area contributed by atoms with Gasteiger partial charge in [0, 0.05) is 12.6 Å². The van der Waals surface area contributed by atoms with Crippen LogP contribution in [0.1, 0.15) is 12.7 Å². The summed E-state index contributed by atoms with van der Waals surface area (Å²) in [4.78, 5) is 8.09. The Labute approximate surface area is 78.2 Å². The molecule has 0 aromatic carbocycles. The summed E-state index contributed by atoms with van der Waals surface area (Å²) in [6.45, 7) is 2.00. The molecule has 0 saturated heterocycles. The molecule has 1 rings (SSSR count). The number of nitrogens with zero attached hydrogens (tertiary/aromatic N) is 2. The second kappa shape index (κ2) is 3.48. The maximum atomic E-state index is 5.73. The van der Waals surface area contributed by atoms with Crippen molar-refractivity contribution in [1.29, 1.82) is 0 Å². The third-order valence-corrected chi connectivity index (χ3v) is 2.46. The van der Waals surface area contributed by atoms with Gasteiger partial charge in [-0.2, -0.15) is 0 Å². The van der Waals surface area contributed by atoms with Crippen molar-refractivity contribution >= 4 is 34.2 Å². The lowest BCUT2D eigenvalue weighted by atomic mass is 10.4. The summed E-state index contributed by atoms with van der Waals surface area (Å²) in [5, 5.41) is 0.549. The van der Waals surface area contributed by atoms with Crippen molar-refractivity contribution in [2.45, 2.75) is 13.3 Å². The molecule has 0 fully saturated rings. The molecule has 0 spiro atoms. The molecule has 4 heteroatoms. The Balaban J connectivity index is 3.04. The van der Waals surface area contributed by atoms with Crippen LogP contribution in [0.2, 0.25) is 5.15 Å². The Morgan fingerprint density at radius 3 is 2.90 bits per heavy atom. The van der Waals surface area contributed by atoms with Crippen LogP contribution in [0.3, 0.4) is 0 Å². The van der Waals surface area contributed by atoms with Crippen molar-refractivity contribution in [3.63, 3.8) is 0 Å². The topological polar surface area (TPSA) is 25.8 Å². The van der Waals surface area contributed by atoms with E-state index in [0.717, 1.165) is 15.8 Å². The minimum atomic E-state index is 0.549. The number of hydrogen-bond acceptors (Lipinski definition) is 2. The molecule has 10 heavy (non-hydrogen) atoms. The first kappa shape index (κ1) is 8.20. The molecule has 0 saturated carbocycles. The standard InChI is InChI=1S/C6H6ClIN2/c1-2-5-9-3-4(8)6(7)10-5/h3H,2H2,1H3. The van der Waals surface area contributed by atoms with Gasteiger partial charge in [-0.25, -0.2) is 9.97 Å². The molecule has 0 bridgehead atoms. The van der Waals surface area contributed by atoms with E-state index in [1.807, 2.05) is 6.92 Å². The van der Waals surface area contributed by atoms with Crippen LogP contribution in [-0.2, 0) is 6.42 Å². The molecule has 2 nitrogen and oxygen atoms in total. The van der Waals surface area contributed by atoms with Crippen LogP contribution < -0.4 is 0 Å². The van der Waals surface area contributed by atoms with Crippen LogP contribution >= 0.6 is 34.2 Å². The highest BCUT2D eigenvalue weighted by Crippen LogP contribution is 2.13. The van der Waals surface area contributed by atoms with E-state index in [1.165, 1.54) is 0 Å². The van der Waals surface area contributed by atoms with Gasteiger partial charge in [0.05, 0.1) is 3.57 Å². The lowest BCUT2D eigenvalue weighted by molar-refractivity contribution is 0.934. The summed E-state index contributed by atoms with van der Waals surface area (Å²) in [7, 11) is 0. The van der Waals surface area contributed by atoms with Crippen molar-refractivity contribution in [3.05, 3.63) is 20.7 Å². The fourth-order valence-electron chi connectivity index (χ4n) is 0.550. The highest BCUT2D eigenvalue weighted by Gasteiger charge is 1.98. The van der Waals surface area contributed by atoms with Crippen LogP contribution in [0.5, 0.6) is 0 Å². The second-order valence-electron chi connectivity index (χ2n) is 1.78. The zero-order valence-electron chi connectivity index (χ0n) is 5.43. The second-order valence-corrected chi connectivity index (χ2v) is 3.30. The van der Waals surface area contributed by atoms with Gasteiger partial charge in [-0.15, -0.1) is 0 Å². The Morgan fingerprint density at radius 1 is 1.70 bits per heavy atom. The Kier molecular flexibility index (Phi) is 2.85. The molecule has 0 N–H and O–H groups in total. The SMILES string of the molecule is CCc1ncc(I)c(Cl)n1. The smallest absolute Gasteiger partial charge is 0.146 e. The van der Waals surface area contributed by atoms with Crippen LogP contribution in [0.15, 0.2) is 6.20 Å². The highest BCUT2D eigenvalue weighted by molar-refractivity contribution is 14.1. The molecule has 0 radical (unpaired) electrons. The largest absolute Gasteiger partial charge is 0.240 e. The van der Waals surface area contributed by atoms with Crippen molar-refractivity contribution in [2.75, 3.05) is 0 Å². The van der Waals surface area contributed by atoms with E-state index in [2.05, 4.69) is 32.6 Å². The summed E-state index contributed by atoms with van der Waals surface area (Å²) >= 11 is 7.83. The van der Waals surface area contributed by atoms with Crippen molar-refractivity contribution in [2.24, 2.45) is 0 Å². The lowest BCUT2D eigenvalue weighted by Crippen LogP contribution is -1.93. The molecule has 0 aliphatic rings. The van der Waals surface area contributed by atoms with E-state index in [4.69, 9.17) is 11.6 Å². The van der Waals surface area contributed by atoms with Gasteiger partial charge < -0.3 is 0 Å². The fraction of sp³-hybridized carbons (Fsp3) is 0.333. The number of hydrogen-bond donors (Lipinski definition) is 0. The molecular weight excluding hydrogens is 262 g/mol. The third-order valence-electron chi connectivity index (χ3n) is 1.07. The Morgan fingerprint density at radius 2 is 2.40 bits per heavy atom. The molecule has 0 aliphatic carbocycles. The van der Waals surface area contributed by atoms with Gasteiger partial charge in [0.15, 0.2) is 0 Å². The summed E-state index contributed by atoms with van der Waals surface area (Å²) in [5.74, 6) is 0.797. The zero-order chi connectivity index (χ0) is 7.56. The quantitative estimate of drug-likeness (QED) is 0.577. The summed E-state index contributed by atoms with van der Waals surface area (Å²) in [6.07, 6.45) is 2.56. The van der Waals surface area contributed by atoms with Gasteiger partial charge >= 0.3 is 0 Å². The van der Waals surface area contributed by atoms with Crippen LogP contribution in [-0.4, -0.2) is 9.97 Å². The van der Waals surface area contributed by atoms with Gasteiger partial charge in [-0.3, -0.25) is 0 Å². The number of aryl methyl sites for hydroxylation is 1. The molecule has 0 aliphatic heterocycles. The predicted octanol–water partition coefficient (Wildman–Crippen LogP) is 2.30. The van der Waals surface area contributed by atoms with E-state index in [1.54, 1.807) is 6.20 Å². The lowest BCUT2D eigenvalue weighted by Gasteiger charge is -1.96. The highest BCUT2D eigenvalue weighted by atomic mass is 127. The van der Waals surface area contributed by atoms with Crippen LogP contribution in [0.4, 0.5) is 0 Å². The van der Waals surface area contributed by atoms with Gasteiger partial charge in [-0.05, 0) is 22.6 Å². The molecule has 0 amide bonds. The summed E-state index contributed by atoms with van der Waals surface area (Å²) < 4.78 is 0.900. The zero-order valence-corrected chi connectivity index (χ0v) is 8.35. The van der Waals surface area contributed by atoms with E-state index in [9.17, 15) is 0 Å².